The Hall–Kier alpha value is -1.68. The Morgan fingerprint density at radius 3 is 2.59 bits per heavy atom. The first-order valence-corrected chi connectivity index (χ1v) is 9.23. The highest BCUT2D eigenvalue weighted by Gasteiger charge is 2.19. The summed E-state index contributed by atoms with van der Waals surface area (Å²) in [5.41, 5.74) is 1.03. The van der Waals surface area contributed by atoms with Gasteiger partial charge in [-0.05, 0) is 31.4 Å². The number of benzene rings is 1. The van der Waals surface area contributed by atoms with Gasteiger partial charge in [0.05, 0.1) is 11.5 Å². The summed E-state index contributed by atoms with van der Waals surface area (Å²) < 4.78 is 0. The molecule has 0 bridgehead atoms. The van der Waals surface area contributed by atoms with Crippen molar-refractivity contribution in [2.24, 2.45) is 4.99 Å². The van der Waals surface area contributed by atoms with E-state index in [-0.39, 0.29) is 29.7 Å². The van der Waals surface area contributed by atoms with Crippen molar-refractivity contribution in [2.45, 2.75) is 38.8 Å². The standard InChI is InChI=1S/C19H29N5O2.HI/c1-3-11-20-19(22-17-9-13-23(12-4-2)14-10-17)21-15-16-5-7-18(8-6-16)24(25)26;/h3,5-8,17H,1,4,9-15H2,2H3,(H2,20,21,22);1H. The third-order valence-corrected chi connectivity index (χ3v) is 4.45. The molecule has 1 heterocycles. The average Bonchev–Trinajstić information content (AvgIpc) is 2.66. The summed E-state index contributed by atoms with van der Waals surface area (Å²) in [6.45, 7) is 10.5. The molecule has 7 nitrogen and oxygen atoms in total. The normalized spacial score (nSPS) is 15.7. The number of nitro benzene ring substituents is 1. The summed E-state index contributed by atoms with van der Waals surface area (Å²) in [4.78, 5) is 17.5. The van der Waals surface area contributed by atoms with Crippen molar-refractivity contribution in [1.82, 2.24) is 15.5 Å². The van der Waals surface area contributed by atoms with E-state index in [1.54, 1.807) is 18.2 Å². The highest BCUT2D eigenvalue weighted by atomic mass is 127. The molecular weight excluding hydrogens is 457 g/mol. The minimum atomic E-state index is -0.392. The van der Waals surface area contributed by atoms with Crippen molar-refractivity contribution < 1.29 is 4.92 Å². The zero-order valence-electron chi connectivity index (χ0n) is 15.9. The lowest BCUT2D eigenvalue weighted by Crippen LogP contribution is -2.48. The largest absolute Gasteiger partial charge is 0.354 e. The van der Waals surface area contributed by atoms with Crippen LogP contribution in [-0.4, -0.2) is 48.0 Å². The molecule has 27 heavy (non-hydrogen) atoms. The molecule has 1 aromatic rings. The topological polar surface area (TPSA) is 82.8 Å². The molecule has 0 radical (unpaired) electrons. The minimum Gasteiger partial charge on any atom is -0.354 e. The predicted molar refractivity (Wildman–Crippen MR) is 121 cm³/mol. The number of piperidine rings is 1. The molecule has 1 aliphatic rings. The van der Waals surface area contributed by atoms with E-state index in [9.17, 15) is 10.1 Å². The van der Waals surface area contributed by atoms with E-state index < -0.39 is 4.92 Å². The molecular formula is C19H30IN5O2. The van der Waals surface area contributed by atoms with Gasteiger partial charge in [0.15, 0.2) is 5.96 Å². The molecule has 1 saturated heterocycles. The van der Waals surface area contributed by atoms with E-state index in [4.69, 9.17) is 0 Å². The number of hydrogen-bond donors (Lipinski definition) is 2. The first kappa shape index (κ1) is 23.4. The number of nitro groups is 1. The molecule has 0 spiro atoms. The van der Waals surface area contributed by atoms with Crippen LogP contribution in [0.25, 0.3) is 0 Å². The maximum Gasteiger partial charge on any atom is 0.269 e. The van der Waals surface area contributed by atoms with Crippen LogP contribution in [0.1, 0.15) is 31.7 Å². The molecule has 0 unspecified atom stereocenters. The Morgan fingerprint density at radius 2 is 2.04 bits per heavy atom. The van der Waals surface area contributed by atoms with Gasteiger partial charge in [-0.25, -0.2) is 4.99 Å². The fourth-order valence-electron chi connectivity index (χ4n) is 3.03. The van der Waals surface area contributed by atoms with Crippen LogP contribution in [-0.2, 0) is 6.54 Å². The van der Waals surface area contributed by atoms with Gasteiger partial charge < -0.3 is 15.5 Å². The summed E-state index contributed by atoms with van der Waals surface area (Å²) in [5.74, 6) is 0.761. The Labute approximate surface area is 178 Å². The Kier molecular flexibility index (Phi) is 11.0. The van der Waals surface area contributed by atoms with Gasteiger partial charge in [-0.2, -0.15) is 0 Å². The molecule has 0 amide bonds. The van der Waals surface area contributed by atoms with Crippen molar-refractivity contribution in [3.63, 3.8) is 0 Å². The monoisotopic (exact) mass is 487 g/mol. The fraction of sp³-hybridized carbons (Fsp3) is 0.526. The quantitative estimate of drug-likeness (QED) is 0.147. The van der Waals surface area contributed by atoms with Crippen LogP contribution in [0.3, 0.4) is 0 Å². The SMILES string of the molecule is C=CCNC(=NCc1ccc([N+](=O)[O-])cc1)NC1CCN(CCC)CC1.I. The van der Waals surface area contributed by atoms with Gasteiger partial charge in [0.25, 0.3) is 5.69 Å². The van der Waals surface area contributed by atoms with Crippen LogP contribution in [0.4, 0.5) is 5.69 Å². The van der Waals surface area contributed by atoms with Gasteiger partial charge in [-0.3, -0.25) is 10.1 Å². The average molecular weight is 487 g/mol. The van der Waals surface area contributed by atoms with Crippen molar-refractivity contribution in [2.75, 3.05) is 26.2 Å². The lowest BCUT2D eigenvalue weighted by Gasteiger charge is -2.32. The van der Waals surface area contributed by atoms with Crippen LogP contribution in [0.5, 0.6) is 0 Å². The number of hydrogen-bond acceptors (Lipinski definition) is 4. The second kappa shape index (κ2) is 12.7. The predicted octanol–water partition coefficient (Wildman–Crippen LogP) is 3.31. The minimum absolute atomic E-state index is 0. The maximum atomic E-state index is 10.7. The van der Waals surface area contributed by atoms with Crippen LogP contribution in [0, 0.1) is 10.1 Å². The van der Waals surface area contributed by atoms with Crippen LogP contribution < -0.4 is 10.6 Å². The summed E-state index contributed by atoms with van der Waals surface area (Å²) in [6, 6.07) is 6.93. The number of halogens is 1. The Bertz CT molecular complexity index is 613. The third kappa shape index (κ3) is 8.25. The van der Waals surface area contributed by atoms with Gasteiger partial charge in [0, 0.05) is 37.8 Å². The van der Waals surface area contributed by atoms with Crippen LogP contribution in [0.15, 0.2) is 41.9 Å². The van der Waals surface area contributed by atoms with Gasteiger partial charge in [-0.15, -0.1) is 30.6 Å². The van der Waals surface area contributed by atoms with E-state index in [0.717, 1.165) is 37.5 Å². The summed E-state index contributed by atoms with van der Waals surface area (Å²) in [7, 11) is 0. The smallest absolute Gasteiger partial charge is 0.269 e. The van der Waals surface area contributed by atoms with Gasteiger partial charge in [0.1, 0.15) is 0 Å². The fourth-order valence-corrected chi connectivity index (χ4v) is 3.03. The van der Waals surface area contributed by atoms with Gasteiger partial charge in [-0.1, -0.05) is 25.1 Å². The van der Waals surface area contributed by atoms with Crippen LogP contribution in [0.2, 0.25) is 0 Å². The first-order valence-electron chi connectivity index (χ1n) is 9.23. The molecule has 8 heteroatoms. The number of aliphatic imine (C=N–C) groups is 1. The Morgan fingerprint density at radius 1 is 1.37 bits per heavy atom. The molecule has 0 aromatic heterocycles. The Balaban J connectivity index is 0.00000364. The number of non-ortho nitro benzene ring substituents is 1. The van der Waals surface area contributed by atoms with Crippen molar-refractivity contribution >= 4 is 35.6 Å². The number of rotatable bonds is 8. The lowest BCUT2D eigenvalue weighted by atomic mass is 10.1. The van der Waals surface area contributed by atoms with Crippen molar-refractivity contribution in [1.29, 1.82) is 0 Å². The summed E-state index contributed by atoms with van der Waals surface area (Å²) in [6.07, 6.45) is 5.20. The van der Waals surface area contributed by atoms with Crippen molar-refractivity contribution in [3.05, 3.63) is 52.6 Å². The number of nitrogens with one attached hydrogen (secondary N) is 2. The molecule has 0 atom stereocenters. The highest BCUT2D eigenvalue weighted by molar-refractivity contribution is 14.0. The zero-order chi connectivity index (χ0) is 18.8. The number of likely N-dealkylation sites (tertiary alicyclic amines) is 1. The van der Waals surface area contributed by atoms with Gasteiger partial charge in [0.2, 0.25) is 0 Å². The summed E-state index contributed by atoms with van der Waals surface area (Å²) in [5, 5.41) is 17.5. The molecule has 1 aliphatic heterocycles. The molecule has 0 saturated carbocycles. The first-order chi connectivity index (χ1) is 12.6. The number of guanidine groups is 1. The number of nitrogens with zero attached hydrogens (tertiary/aromatic N) is 3. The van der Waals surface area contributed by atoms with E-state index in [1.165, 1.54) is 25.1 Å². The van der Waals surface area contributed by atoms with E-state index in [1.807, 2.05) is 0 Å². The van der Waals surface area contributed by atoms with Crippen molar-refractivity contribution in [3.8, 4) is 0 Å². The molecule has 1 aromatic carbocycles. The second-order valence-corrected chi connectivity index (χ2v) is 6.52. The zero-order valence-corrected chi connectivity index (χ0v) is 18.2. The maximum absolute atomic E-state index is 10.7. The lowest BCUT2D eigenvalue weighted by molar-refractivity contribution is -0.384. The van der Waals surface area contributed by atoms with E-state index >= 15 is 0 Å². The molecule has 2 rings (SSSR count). The molecule has 0 aliphatic carbocycles. The van der Waals surface area contributed by atoms with E-state index in [2.05, 4.69) is 34.0 Å². The third-order valence-electron chi connectivity index (χ3n) is 4.45. The molecule has 2 N–H and O–H groups in total. The molecule has 1 fully saturated rings. The van der Waals surface area contributed by atoms with Crippen LogP contribution >= 0.6 is 24.0 Å². The second-order valence-electron chi connectivity index (χ2n) is 6.52. The summed E-state index contributed by atoms with van der Waals surface area (Å²) >= 11 is 0. The van der Waals surface area contributed by atoms with E-state index in [0.29, 0.717) is 19.1 Å². The molecule has 150 valence electrons. The highest BCUT2D eigenvalue weighted by Crippen LogP contribution is 2.13. The van der Waals surface area contributed by atoms with Gasteiger partial charge >= 0.3 is 0 Å².